The zero-order valence-electron chi connectivity index (χ0n) is 11.8. The average Bonchev–Trinajstić information content (AvgIpc) is 2.97. The minimum absolute atomic E-state index is 0.226. The number of ketones is 1. The Bertz CT molecular complexity index is 736. The first-order chi connectivity index (χ1) is 9.91. The van der Waals surface area contributed by atoms with Gasteiger partial charge in [0, 0.05) is 11.3 Å². The number of fused-ring (bicyclic) bond motifs is 1. The summed E-state index contributed by atoms with van der Waals surface area (Å²) in [5, 5.41) is 15.3. The molecule has 0 saturated heterocycles. The van der Waals surface area contributed by atoms with Crippen molar-refractivity contribution in [1.29, 1.82) is 0 Å². The Kier molecular flexibility index (Phi) is 3.19. The number of carbonyl (C=O) groups excluding carboxylic acids is 2. The molecule has 0 radical (unpaired) electrons. The quantitative estimate of drug-likeness (QED) is 0.857. The Morgan fingerprint density at radius 3 is 2.81 bits per heavy atom. The minimum Gasteiger partial charge on any atom is -0.375 e. The lowest BCUT2D eigenvalue weighted by Gasteiger charge is -2.21. The first-order valence-corrected chi connectivity index (χ1v) is 7.52. The van der Waals surface area contributed by atoms with Gasteiger partial charge in [-0.3, -0.25) is 9.59 Å². The molecule has 1 aliphatic rings. The third-order valence-electron chi connectivity index (χ3n) is 3.73. The molecule has 0 unspecified atom stereocenters. The molecule has 0 spiro atoms. The highest BCUT2D eigenvalue weighted by atomic mass is 32.1. The minimum atomic E-state index is -1.78. The fraction of sp³-hybridized carbons (Fsp3) is 0.250. The Morgan fingerprint density at radius 2 is 2.14 bits per heavy atom. The number of aliphatic hydroxyl groups is 1. The van der Waals surface area contributed by atoms with Gasteiger partial charge in [-0.2, -0.15) is 0 Å². The van der Waals surface area contributed by atoms with Crippen LogP contribution in [0, 0.1) is 13.8 Å². The Balaban J connectivity index is 2.03. The van der Waals surface area contributed by atoms with Crippen molar-refractivity contribution in [3.63, 3.8) is 0 Å². The second-order valence-corrected chi connectivity index (χ2v) is 6.34. The van der Waals surface area contributed by atoms with Crippen LogP contribution < -0.4 is 5.32 Å². The molecule has 2 heterocycles. The molecule has 1 atom stereocenters. The predicted octanol–water partition coefficient (Wildman–Crippen LogP) is 2.78. The van der Waals surface area contributed by atoms with E-state index in [1.807, 2.05) is 26.0 Å². The Labute approximate surface area is 126 Å². The molecule has 0 bridgehead atoms. The second-order valence-electron chi connectivity index (χ2n) is 5.40. The van der Waals surface area contributed by atoms with Crippen molar-refractivity contribution >= 4 is 28.7 Å². The largest absolute Gasteiger partial charge is 0.375 e. The third kappa shape index (κ3) is 2.18. The van der Waals surface area contributed by atoms with Gasteiger partial charge in [-0.25, -0.2) is 0 Å². The smallest absolute Gasteiger partial charge is 0.261 e. The third-order valence-corrected chi connectivity index (χ3v) is 4.64. The van der Waals surface area contributed by atoms with Crippen LogP contribution in [0.1, 0.15) is 32.8 Å². The van der Waals surface area contributed by atoms with Gasteiger partial charge in [0.25, 0.3) is 5.91 Å². The van der Waals surface area contributed by atoms with Crippen molar-refractivity contribution in [3.8, 4) is 0 Å². The van der Waals surface area contributed by atoms with Gasteiger partial charge >= 0.3 is 0 Å². The van der Waals surface area contributed by atoms with Gasteiger partial charge < -0.3 is 10.4 Å². The maximum atomic E-state index is 12.3. The number of rotatable bonds is 3. The monoisotopic (exact) mass is 301 g/mol. The molecule has 2 N–H and O–H groups in total. The van der Waals surface area contributed by atoms with E-state index in [0.29, 0.717) is 16.1 Å². The van der Waals surface area contributed by atoms with Gasteiger partial charge in [-0.15, -0.1) is 11.3 Å². The van der Waals surface area contributed by atoms with Crippen LogP contribution in [0.4, 0.5) is 5.69 Å². The van der Waals surface area contributed by atoms with E-state index < -0.39 is 11.5 Å². The molecule has 108 valence electrons. The van der Waals surface area contributed by atoms with Crippen LogP contribution in [-0.2, 0) is 10.4 Å². The highest BCUT2D eigenvalue weighted by Gasteiger charge is 2.47. The summed E-state index contributed by atoms with van der Waals surface area (Å²) in [6, 6.07) is 7.19. The van der Waals surface area contributed by atoms with Gasteiger partial charge in [0.1, 0.15) is 0 Å². The van der Waals surface area contributed by atoms with Crippen molar-refractivity contribution < 1.29 is 14.7 Å². The molecule has 5 heteroatoms. The van der Waals surface area contributed by atoms with Crippen molar-refractivity contribution in [1.82, 2.24) is 0 Å². The summed E-state index contributed by atoms with van der Waals surface area (Å²) in [7, 11) is 0. The number of Topliss-reactive ketones (excluding diaryl/α,β-unsaturated/α-hetero) is 1. The number of aryl methyl sites for hydroxylation is 2. The van der Waals surface area contributed by atoms with Crippen LogP contribution in [0.15, 0.2) is 29.6 Å². The van der Waals surface area contributed by atoms with Gasteiger partial charge in [-0.05, 0) is 42.5 Å². The van der Waals surface area contributed by atoms with Gasteiger partial charge in [0.15, 0.2) is 11.4 Å². The van der Waals surface area contributed by atoms with E-state index in [1.165, 1.54) is 11.3 Å². The maximum Gasteiger partial charge on any atom is 0.261 e. The van der Waals surface area contributed by atoms with E-state index in [0.717, 1.165) is 11.1 Å². The number of nitrogens with one attached hydrogen (secondary N) is 1. The topological polar surface area (TPSA) is 66.4 Å². The summed E-state index contributed by atoms with van der Waals surface area (Å²) in [6.45, 7) is 3.76. The van der Waals surface area contributed by atoms with Crippen molar-refractivity contribution in [2.75, 3.05) is 5.32 Å². The van der Waals surface area contributed by atoms with E-state index in [9.17, 15) is 14.7 Å². The SMILES string of the molecule is Cc1cc(C)c2c(c1)NC(=O)[C@]2(O)CC(=O)c1cccs1. The van der Waals surface area contributed by atoms with Crippen LogP contribution in [0.3, 0.4) is 0 Å². The molecule has 1 aromatic carbocycles. The number of hydrogen-bond donors (Lipinski definition) is 2. The molecule has 1 aliphatic heterocycles. The molecule has 0 fully saturated rings. The molecule has 21 heavy (non-hydrogen) atoms. The molecule has 1 aromatic heterocycles. The molecule has 0 aliphatic carbocycles. The van der Waals surface area contributed by atoms with Crippen LogP contribution in [0.25, 0.3) is 0 Å². The van der Waals surface area contributed by atoms with E-state index >= 15 is 0 Å². The van der Waals surface area contributed by atoms with Gasteiger partial charge in [0.2, 0.25) is 0 Å². The maximum absolute atomic E-state index is 12.3. The standard InChI is InChI=1S/C16H15NO3S/c1-9-6-10(2)14-11(7-9)17-15(19)16(14,20)8-12(18)13-4-3-5-21-13/h3-7,20H,8H2,1-2H3,(H,17,19)/t16-/m0/s1. The number of thiophene rings is 1. The van der Waals surface area contributed by atoms with Crippen LogP contribution in [0.2, 0.25) is 0 Å². The highest BCUT2D eigenvalue weighted by molar-refractivity contribution is 7.12. The highest BCUT2D eigenvalue weighted by Crippen LogP contribution is 2.41. The summed E-state index contributed by atoms with van der Waals surface area (Å²) in [6.07, 6.45) is -0.240. The normalized spacial score (nSPS) is 20.2. The van der Waals surface area contributed by atoms with E-state index in [4.69, 9.17) is 0 Å². The summed E-state index contributed by atoms with van der Waals surface area (Å²) >= 11 is 1.31. The van der Waals surface area contributed by atoms with Gasteiger partial charge in [-0.1, -0.05) is 12.1 Å². The molecule has 3 rings (SSSR count). The Morgan fingerprint density at radius 1 is 1.38 bits per heavy atom. The first kappa shape index (κ1) is 14.0. The lowest BCUT2D eigenvalue weighted by atomic mass is 9.86. The second kappa shape index (κ2) is 4.79. The zero-order valence-corrected chi connectivity index (χ0v) is 12.6. The van der Waals surface area contributed by atoms with E-state index in [1.54, 1.807) is 17.5 Å². The number of hydrogen-bond acceptors (Lipinski definition) is 4. The summed E-state index contributed by atoms with van der Waals surface area (Å²) in [5.41, 5.74) is 1.14. The molecule has 1 amide bonds. The van der Waals surface area contributed by atoms with Crippen LogP contribution in [0.5, 0.6) is 0 Å². The first-order valence-electron chi connectivity index (χ1n) is 6.64. The molecular formula is C16H15NO3S. The summed E-state index contributed by atoms with van der Waals surface area (Å²) in [5.74, 6) is -0.758. The lowest BCUT2D eigenvalue weighted by molar-refractivity contribution is -0.133. The van der Waals surface area contributed by atoms with Crippen LogP contribution >= 0.6 is 11.3 Å². The summed E-state index contributed by atoms with van der Waals surface area (Å²) < 4.78 is 0. The fourth-order valence-corrected chi connectivity index (χ4v) is 3.54. The van der Waals surface area contributed by atoms with Crippen molar-refractivity contribution in [2.45, 2.75) is 25.9 Å². The van der Waals surface area contributed by atoms with Crippen molar-refractivity contribution in [3.05, 3.63) is 51.2 Å². The van der Waals surface area contributed by atoms with Crippen LogP contribution in [-0.4, -0.2) is 16.8 Å². The molecule has 2 aromatic rings. The molecule has 4 nitrogen and oxygen atoms in total. The number of anilines is 1. The fourth-order valence-electron chi connectivity index (χ4n) is 2.88. The molecular weight excluding hydrogens is 286 g/mol. The lowest BCUT2D eigenvalue weighted by Crippen LogP contribution is -2.36. The molecule has 0 saturated carbocycles. The van der Waals surface area contributed by atoms with E-state index in [-0.39, 0.29) is 12.2 Å². The van der Waals surface area contributed by atoms with E-state index in [2.05, 4.69) is 5.32 Å². The number of benzene rings is 1. The number of carbonyl (C=O) groups is 2. The van der Waals surface area contributed by atoms with Crippen molar-refractivity contribution in [2.24, 2.45) is 0 Å². The Hall–Kier alpha value is -1.98. The zero-order chi connectivity index (χ0) is 15.2. The average molecular weight is 301 g/mol. The predicted molar refractivity (Wildman–Crippen MR) is 81.7 cm³/mol. The summed E-state index contributed by atoms with van der Waals surface area (Å²) in [4.78, 5) is 25.0. The van der Waals surface area contributed by atoms with Gasteiger partial charge in [0.05, 0.1) is 11.3 Å². The number of amides is 1.